The Hall–Kier alpha value is -1.53. The fraction of sp³-hybridized carbons (Fsp3) is 0.700. The molecule has 0 radical (unpaired) electrons. The lowest BCUT2D eigenvalue weighted by molar-refractivity contribution is -0.139. The van der Waals surface area contributed by atoms with Crippen molar-refractivity contribution in [3.05, 3.63) is 30.1 Å². The second kappa shape index (κ2) is 7.24. The van der Waals surface area contributed by atoms with Crippen molar-refractivity contribution in [3.8, 4) is 0 Å². The Morgan fingerprint density at radius 2 is 2.23 bits per heavy atom. The van der Waals surface area contributed by atoms with Gasteiger partial charge in [0.25, 0.3) is 0 Å². The summed E-state index contributed by atoms with van der Waals surface area (Å²) in [6.07, 6.45) is 2.86. The number of aromatic nitrogens is 1. The number of halogens is 1. The number of carbonyl (C=O) groups excluding carboxylic acids is 1. The fourth-order valence-corrected chi connectivity index (χ4v) is 4.87. The molecule has 0 aromatic carbocycles. The summed E-state index contributed by atoms with van der Waals surface area (Å²) in [7, 11) is 2.14. The third-order valence-electron chi connectivity index (χ3n) is 6.40. The number of alkyl halides is 1. The van der Waals surface area contributed by atoms with Crippen LogP contribution in [0.1, 0.15) is 25.0 Å². The zero-order chi connectivity index (χ0) is 18.1. The lowest BCUT2D eigenvalue weighted by Crippen LogP contribution is -2.44. The van der Waals surface area contributed by atoms with Crippen LogP contribution in [-0.2, 0) is 16.1 Å². The van der Waals surface area contributed by atoms with Gasteiger partial charge in [-0.15, -0.1) is 0 Å². The monoisotopic (exact) mass is 361 g/mol. The first-order valence-electron chi connectivity index (χ1n) is 9.65. The highest BCUT2D eigenvalue weighted by atomic mass is 19.1. The van der Waals surface area contributed by atoms with Crippen molar-refractivity contribution in [2.75, 3.05) is 39.8 Å². The second-order valence-corrected chi connectivity index (χ2v) is 8.37. The molecule has 4 rings (SSSR count). The third-order valence-corrected chi connectivity index (χ3v) is 6.40. The van der Waals surface area contributed by atoms with Crippen LogP contribution in [-0.4, -0.2) is 66.7 Å². The molecule has 0 bridgehead atoms. The molecule has 1 aliphatic carbocycles. The van der Waals surface area contributed by atoms with Crippen molar-refractivity contribution in [2.45, 2.75) is 32.0 Å². The molecule has 6 heteroatoms. The third kappa shape index (κ3) is 3.49. The molecular weight excluding hydrogens is 333 g/mol. The summed E-state index contributed by atoms with van der Waals surface area (Å²) in [5.74, 6) is 0.501. The molecule has 3 fully saturated rings. The first kappa shape index (κ1) is 17.9. The number of carbonyl (C=O) groups is 1. The van der Waals surface area contributed by atoms with E-state index < -0.39 is 6.17 Å². The Bertz CT molecular complexity index is 637. The van der Waals surface area contributed by atoms with E-state index >= 15 is 0 Å². The summed E-state index contributed by atoms with van der Waals surface area (Å²) in [6, 6.07) is 5.85. The number of hydrogen-bond donors (Lipinski definition) is 0. The highest BCUT2D eigenvalue weighted by Crippen LogP contribution is 2.45. The van der Waals surface area contributed by atoms with E-state index in [0.717, 1.165) is 38.3 Å². The number of nitrogens with zero attached hydrogens (tertiary/aromatic N) is 3. The van der Waals surface area contributed by atoms with E-state index in [4.69, 9.17) is 4.74 Å². The quantitative estimate of drug-likeness (QED) is 0.806. The van der Waals surface area contributed by atoms with Gasteiger partial charge >= 0.3 is 0 Å². The zero-order valence-corrected chi connectivity index (χ0v) is 15.4. The topological polar surface area (TPSA) is 45.7 Å². The molecule has 2 aliphatic heterocycles. The van der Waals surface area contributed by atoms with Gasteiger partial charge in [0.15, 0.2) is 0 Å². The number of hydrogen-bond acceptors (Lipinski definition) is 4. The van der Waals surface area contributed by atoms with Crippen molar-refractivity contribution in [1.29, 1.82) is 0 Å². The zero-order valence-electron chi connectivity index (χ0n) is 15.4. The molecule has 3 heterocycles. The number of amides is 1. The Morgan fingerprint density at radius 3 is 2.96 bits per heavy atom. The first-order chi connectivity index (χ1) is 12.6. The molecule has 142 valence electrons. The predicted octanol–water partition coefficient (Wildman–Crippen LogP) is 2.13. The minimum Gasteiger partial charge on any atom is -0.375 e. The van der Waals surface area contributed by atoms with Crippen molar-refractivity contribution in [2.24, 2.45) is 17.3 Å². The van der Waals surface area contributed by atoms with Crippen LogP contribution in [0.25, 0.3) is 0 Å². The van der Waals surface area contributed by atoms with Gasteiger partial charge < -0.3 is 14.5 Å². The van der Waals surface area contributed by atoms with Crippen LogP contribution < -0.4 is 0 Å². The van der Waals surface area contributed by atoms with Crippen LogP contribution in [0.3, 0.4) is 0 Å². The van der Waals surface area contributed by atoms with E-state index in [1.807, 2.05) is 23.1 Å². The number of likely N-dealkylation sites (tertiary alicyclic amines) is 2. The number of pyridine rings is 1. The largest absolute Gasteiger partial charge is 0.375 e. The normalized spacial score (nSPS) is 34.4. The van der Waals surface area contributed by atoms with Crippen LogP contribution >= 0.6 is 0 Å². The highest BCUT2D eigenvalue weighted by molar-refractivity contribution is 5.80. The average molecular weight is 361 g/mol. The maximum atomic E-state index is 13.1. The summed E-state index contributed by atoms with van der Waals surface area (Å²) in [4.78, 5) is 21.2. The molecule has 1 aromatic rings. The molecule has 1 aromatic heterocycles. The lowest BCUT2D eigenvalue weighted by Gasteiger charge is -2.34. The molecule has 0 unspecified atom stereocenters. The van der Waals surface area contributed by atoms with E-state index in [-0.39, 0.29) is 17.2 Å². The molecule has 1 saturated carbocycles. The Morgan fingerprint density at radius 1 is 1.38 bits per heavy atom. The van der Waals surface area contributed by atoms with E-state index in [1.165, 1.54) is 0 Å². The molecular formula is C20H28FN3O2. The summed E-state index contributed by atoms with van der Waals surface area (Å²) in [5.41, 5.74) is 1.06. The van der Waals surface area contributed by atoms with E-state index in [2.05, 4.69) is 16.9 Å². The van der Waals surface area contributed by atoms with Gasteiger partial charge in [-0.3, -0.25) is 9.78 Å². The maximum absolute atomic E-state index is 13.1. The number of ether oxygens (including phenoxy) is 1. The molecule has 3 aliphatic rings. The molecule has 1 spiro atoms. The lowest BCUT2D eigenvalue weighted by atomic mass is 9.77. The summed E-state index contributed by atoms with van der Waals surface area (Å²) in [5, 5.41) is 0. The van der Waals surface area contributed by atoms with Crippen LogP contribution in [0.5, 0.6) is 0 Å². The van der Waals surface area contributed by atoms with Crippen molar-refractivity contribution in [1.82, 2.24) is 14.8 Å². The minimum absolute atomic E-state index is 0.0851. The van der Waals surface area contributed by atoms with Crippen molar-refractivity contribution < 1.29 is 13.9 Å². The Labute approximate surface area is 154 Å². The highest BCUT2D eigenvalue weighted by Gasteiger charge is 2.51. The van der Waals surface area contributed by atoms with Crippen LogP contribution in [0.15, 0.2) is 24.4 Å². The summed E-state index contributed by atoms with van der Waals surface area (Å²) in [6.45, 7) is 4.82. The Kier molecular flexibility index (Phi) is 4.97. The smallest absolute Gasteiger partial charge is 0.225 e. The molecule has 2 atom stereocenters. The molecule has 0 N–H and O–H groups in total. The fourth-order valence-electron chi connectivity index (χ4n) is 4.87. The average Bonchev–Trinajstić information content (AvgIpc) is 3.16. The maximum Gasteiger partial charge on any atom is 0.225 e. The minimum atomic E-state index is -0.772. The first-order valence-corrected chi connectivity index (χ1v) is 9.65. The molecule has 5 nitrogen and oxygen atoms in total. The van der Waals surface area contributed by atoms with E-state index in [0.29, 0.717) is 32.0 Å². The van der Waals surface area contributed by atoms with Gasteiger partial charge in [-0.05, 0) is 38.4 Å². The Balaban J connectivity index is 1.34. The van der Waals surface area contributed by atoms with Gasteiger partial charge in [0.1, 0.15) is 6.17 Å². The van der Waals surface area contributed by atoms with Crippen molar-refractivity contribution in [3.63, 3.8) is 0 Å². The van der Waals surface area contributed by atoms with Gasteiger partial charge in [-0.25, -0.2) is 4.39 Å². The second-order valence-electron chi connectivity index (χ2n) is 8.37. The SMILES string of the molecule is CN1C[C@@H](COCc2ccccn2)[C@]2(CCN(C(=O)C3CC(F)C3)C2)C1. The van der Waals surface area contributed by atoms with Gasteiger partial charge in [0.05, 0.1) is 18.9 Å². The van der Waals surface area contributed by atoms with Crippen LogP contribution in [0.2, 0.25) is 0 Å². The van der Waals surface area contributed by atoms with Crippen LogP contribution in [0, 0.1) is 17.3 Å². The van der Waals surface area contributed by atoms with Crippen molar-refractivity contribution >= 4 is 5.91 Å². The van der Waals surface area contributed by atoms with Gasteiger partial charge in [0, 0.05) is 49.6 Å². The van der Waals surface area contributed by atoms with Crippen LogP contribution in [0.4, 0.5) is 4.39 Å². The van der Waals surface area contributed by atoms with Gasteiger partial charge in [-0.2, -0.15) is 0 Å². The van der Waals surface area contributed by atoms with Gasteiger partial charge in [0.2, 0.25) is 5.91 Å². The summed E-state index contributed by atoms with van der Waals surface area (Å²) >= 11 is 0. The molecule has 2 saturated heterocycles. The number of rotatable bonds is 5. The van der Waals surface area contributed by atoms with E-state index in [1.54, 1.807) is 6.20 Å². The molecule has 1 amide bonds. The molecule has 26 heavy (non-hydrogen) atoms. The summed E-state index contributed by atoms with van der Waals surface area (Å²) < 4.78 is 19.1. The van der Waals surface area contributed by atoms with Gasteiger partial charge in [-0.1, -0.05) is 6.07 Å². The van der Waals surface area contributed by atoms with E-state index in [9.17, 15) is 9.18 Å². The standard InChI is InChI=1S/C20H28FN3O2/c1-23-10-16(11-26-12-18-4-2-3-6-22-18)20(13-23)5-7-24(14-20)19(25)15-8-17(21)9-15/h2-4,6,15-17H,5,7-14H2,1H3/t15?,16-,17?,20+/m0/s1. The predicted molar refractivity (Wildman–Crippen MR) is 96.1 cm³/mol.